The van der Waals surface area contributed by atoms with E-state index in [4.69, 9.17) is 0 Å². The minimum Gasteiger partial charge on any atom is -0.352 e. The van der Waals surface area contributed by atoms with E-state index in [1.54, 1.807) is 84.9 Å². The van der Waals surface area contributed by atoms with Gasteiger partial charge in [0.05, 0.1) is 33.4 Å². The predicted octanol–water partition coefficient (Wildman–Crippen LogP) is 3.21. The number of amides is 2. The molecule has 2 atom stereocenters. The average molecular weight is 753 g/mol. The number of rotatable bonds is 14. The third-order valence-electron chi connectivity index (χ3n) is 8.54. The van der Waals surface area contributed by atoms with Crippen LogP contribution in [0.5, 0.6) is 0 Å². The van der Waals surface area contributed by atoms with E-state index >= 15 is 0 Å². The van der Waals surface area contributed by atoms with Crippen LogP contribution in [0, 0.1) is 0 Å². The summed E-state index contributed by atoms with van der Waals surface area (Å²) in [7, 11) is -12.8. The van der Waals surface area contributed by atoms with Gasteiger partial charge < -0.3 is 10.6 Å². The average Bonchev–Trinajstić information content (AvgIpc) is 3.42. The lowest BCUT2D eigenvalue weighted by atomic mass is 10.1. The standard InChI is InChI=1S/C36H40N4O8S3/c1-27(41)37-21-29-13-17-33(18-14-29)50(45,46)39(23-31-9-5-3-6-10-31)35-25-49(43,44)26-36(35)40(24-32-11-7-4-8-12-32)51(47,48)34-19-15-30(16-20-34)22-38-28(2)42/h3-20,35-36H,21-26H2,1-2H3,(H,37,41)(H,38,42)/t35-,36+. The first-order valence-corrected chi connectivity index (χ1v) is 20.8. The summed E-state index contributed by atoms with van der Waals surface area (Å²) in [6, 6.07) is 26.6. The number of carbonyl (C=O) groups is 2. The van der Waals surface area contributed by atoms with Gasteiger partial charge in [-0.3, -0.25) is 9.59 Å². The normalized spacial score (nSPS) is 17.3. The summed E-state index contributed by atoms with van der Waals surface area (Å²) in [6.07, 6.45) is 0. The molecule has 0 aliphatic carbocycles. The number of hydrogen-bond donors (Lipinski definition) is 2. The second-order valence-electron chi connectivity index (χ2n) is 12.4. The highest BCUT2D eigenvalue weighted by molar-refractivity contribution is 7.92. The van der Waals surface area contributed by atoms with Crippen LogP contribution in [0.4, 0.5) is 0 Å². The van der Waals surface area contributed by atoms with Gasteiger partial charge in [-0.2, -0.15) is 8.61 Å². The maximum absolute atomic E-state index is 14.6. The van der Waals surface area contributed by atoms with Crippen LogP contribution in [0.3, 0.4) is 0 Å². The van der Waals surface area contributed by atoms with Gasteiger partial charge >= 0.3 is 0 Å². The molecule has 0 radical (unpaired) electrons. The second-order valence-corrected chi connectivity index (χ2v) is 18.3. The van der Waals surface area contributed by atoms with E-state index in [0.717, 1.165) is 8.61 Å². The van der Waals surface area contributed by atoms with Crippen molar-refractivity contribution in [2.45, 2.75) is 61.9 Å². The van der Waals surface area contributed by atoms with E-state index in [9.17, 15) is 34.8 Å². The number of nitrogens with one attached hydrogen (secondary N) is 2. The monoisotopic (exact) mass is 752 g/mol. The fourth-order valence-electron chi connectivity index (χ4n) is 5.93. The quantitative estimate of drug-likeness (QED) is 0.198. The van der Waals surface area contributed by atoms with E-state index in [2.05, 4.69) is 10.6 Å². The number of carbonyl (C=O) groups excluding carboxylic acids is 2. The molecular formula is C36H40N4O8S3. The van der Waals surface area contributed by atoms with Gasteiger partial charge in [0.1, 0.15) is 0 Å². The highest BCUT2D eigenvalue weighted by Crippen LogP contribution is 2.34. The molecule has 51 heavy (non-hydrogen) atoms. The van der Waals surface area contributed by atoms with E-state index in [1.807, 2.05) is 0 Å². The number of sulfonamides is 2. The lowest BCUT2D eigenvalue weighted by Crippen LogP contribution is -2.54. The topological polar surface area (TPSA) is 167 Å². The number of sulfone groups is 1. The van der Waals surface area contributed by atoms with Crippen molar-refractivity contribution in [1.29, 1.82) is 0 Å². The maximum Gasteiger partial charge on any atom is 0.243 e. The highest BCUT2D eigenvalue weighted by atomic mass is 32.2. The molecule has 1 heterocycles. The Hall–Kier alpha value is -4.41. The summed E-state index contributed by atoms with van der Waals surface area (Å²) in [5, 5.41) is 5.33. The van der Waals surface area contributed by atoms with E-state index < -0.39 is 53.5 Å². The lowest BCUT2D eigenvalue weighted by molar-refractivity contribution is -0.120. The first kappa shape index (κ1) is 37.8. The Morgan fingerprint density at radius 2 is 0.902 bits per heavy atom. The molecular weight excluding hydrogens is 713 g/mol. The molecule has 0 aromatic heterocycles. The third kappa shape index (κ3) is 9.48. The van der Waals surface area contributed by atoms with Gasteiger partial charge in [-0.05, 0) is 46.5 Å². The van der Waals surface area contributed by atoms with Gasteiger partial charge in [0, 0.05) is 40.0 Å². The van der Waals surface area contributed by atoms with Gasteiger partial charge in [-0.25, -0.2) is 25.3 Å². The zero-order valence-corrected chi connectivity index (χ0v) is 30.6. The van der Waals surface area contributed by atoms with Gasteiger partial charge in [-0.15, -0.1) is 0 Å². The molecule has 270 valence electrons. The Labute approximate surface area is 299 Å². The zero-order valence-electron chi connectivity index (χ0n) is 28.2. The van der Waals surface area contributed by atoms with Crippen LogP contribution in [0.2, 0.25) is 0 Å². The van der Waals surface area contributed by atoms with E-state index in [1.165, 1.54) is 38.1 Å². The summed E-state index contributed by atoms with van der Waals surface area (Å²) in [6.45, 7) is 2.68. The van der Waals surface area contributed by atoms with Crippen molar-refractivity contribution in [2.75, 3.05) is 11.5 Å². The maximum atomic E-state index is 14.6. The number of hydrogen-bond acceptors (Lipinski definition) is 8. The minimum atomic E-state index is -4.42. The van der Waals surface area contributed by atoms with Crippen molar-refractivity contribution in [3.8, 4) is 0 Å². The SMILES string of the molecule is CC(=O)NCc1ccc(S(=O)(=O)N(Cc2ccccc2)[C@@H]2CS(=O)(=O)C[C@@H]2N(Cc2ccccc2)S(=O)(=O)c2ccc(CNC(C)=O)cc2)cc1. The van der Waals surface area contributed by atoms with E-state index in [-0.39, 0.29) is 47.8 Å². The Balaban J connectivity index is 1.60. The van der Waals surface area contributed by atoms with Crippen molar-refractivity contribution in [2.24, 2.45) is 0 Å². The van der Waals surface area contributed by atoms with Crippen LogP contribution in [0.15, 0.2) is 119 Å². The summed E-state index contributed by atoms with van der Waals surface area (Å²) in [5.74, 6) is -1.68. The fourth-order valence-corrected chi connectivity index (χ4v) is 11.4. The molecule has 0 unspecified atom stereocenters. The number of nitrogens with zero attached hydrogens (tertiary/aromatic N) is 2. The van der Waals surface area contributed by atoms with Crippen LogP contribution >= 0.6 is 0 Å². The molecule has 12 nitrogen and oxygen atoms in total. The summed E-state index contributed by atoms with van der Waals surface area (Å²) in [4.78, 5) is 22.6. The smallest absolute Gasteiger partial charge is 0.243 e. The molecule has 4 aromatic carbocycles. The van der Waals surface area contributed by atoms with Crippen LogP contribution in [0.1, 0.15) is 36.1 Å². The molecule has 2 N–H and O–H groups in total. The molecule has 1 saturated heterocycles. The molecule has 0 bridgehead atoms. The molecule has 1 aliphatic rings. The lowest BCUT2D eigenvalue weighted by Gasteiger charge is -2.37. The van der Waals surface area contributed by atoms with Crippen LogP contribution in [-0.2, 0) is 65.7 Å². The largest absolute Gasteiger partial charge is 0.352 e. The van der Waals surface area contributed by atoms with Crippen molar-refractivity contribution in [1.82, 2.24) is 19.2 Å². The van der Waals surface area contributed by atoms with Crippen LogP contribution < -0.4 is 10.6 Å². The molecule has 5 rings (SSSR count). The number of benzene rings is 4. The molecule has 2 amide bonds. The second kappa shape index (κ2) is 15.9. The fraction of sp³-hybridized carbons (Fsp3) is 0.278. The van der Waals surface area contributed by atoms with Crippen LogP contribution in [0.25, 0.3) is 0 Å². The van der Waals surface area contributed by atoms with Gasteiger partial charge in [0.15, 0.2) is 9.84 Å². The Morgan fingerprint density at radius 1 is 0.569 bits per heavy atom. The van der Waals surface area contributed by atoms with Gasteiger partial charge in [-0.1, -0.05) is 84.9 Å². The summed E-state index contributed by atoms with van der Waals surface area (Å²) in [5.41, 5.74) is 2.48. The minimum absolute atomic E-state index is 0.111. The molecule has 0 saturated carbocycles. The first-order valence-electron chi connectivity index (χ1n) is 16.1. The third-order valence-corrected chi connectivity index (χ3v) is 14.0. The Bertz CT molecular complexity index is 2010. The summed E-state index contributed by atoms with van der Waals surface area (Å²) < 4.78 is 87.5. The van der Waals surface area contributed by atoms with Gasteiger partial charge in [0.2, 0.25) is 31.9 Å². The zero-order chi connectivity index (χ0) is 36.8. The van der Waals surface area contributed by atoms with Crippen molar-refractivity contribution >= 4 is 41.7 Å². The van der Waals surface area contributed by atoms with Crippen molar-refractivity contribution < 1.29 is 34.8 Å². The highest BCUT2D eigenvalue weighted by Gasteiger charge is 2.50. The van der Waals surface area contributed by atoms with Crippen molar-refractivity contribution in [3.63, 3.8) is 0 Å². The Morgan fingerprint density at radius 3 is 1.22 bits per heavy atom. The molecule has 1 aliphatic heterocycles. The molecule has 15 heteroatoms. The summed E-state index contributed by atoms with van der Waals surface area (Å²) >= 11 is 0. The van der Waals surface area contributed by atoms with Crippen LogP contribution in [-0.4, -0.2) is 69.3 Å². The predicted molar refractivity (Wildman–Crippen MR) is 192 cm³/mol. The molecule has 0 spiro atoms. The first-order chi connectivity index (χ1) is 24.2. The van der Waals surface area contributed by atoms with E-state index in [0.29, 0.717) is 22.3 Å². The van der Waals surface area contributed by atoms with Crippen molar-refractivity contribution in [3.05, 3.63) is 131 Å². The van der Waals surface area contributed by atoms with Gasteiger partial charge in [0.25, 0.3) is 0 Å². The Kier molecular flexibility index (Phi) is 11.8. The molecule has 1 fully saturated rings. The molecule has 4 aromatic rings.